The number of hydrogen-bond donors (Lipinski definition) is 2. The Bertz CT molecular complexity index is 700. The van der Waals surface area contributed by atoms with E-state index in [1.54, 1.807) is 10.9 Å². The molecular formula is C17H20N4O2S. The molecule has 1 fully saturated rings. The van der Waals surface area contributed by atoms with Crippen LogP contribution in [-0.2, 0) is 11.3 Å². The molecule has 0 bridgehead atoms. The zero-order valence-electron chi connectivity index (χ0n) is 13.3. The summed E-state index contributed by atoms with van der Waals surface area (Å²) in [6.07, 6.45) is 1.88. The van der Waals surface area contributed by atoms with Gasteiger partial charge in [-0.3, -0.25) is 14.5 Å². The molecule has 1 unspecified atom stereocenters. The molecule has 0 saturated carbocycles. The second kappa shape index (κ2) is 7.55. The summed E-state index contributed by atoms with van der Waals surface area (Å²) >= 11 is 1.39. The Hall–Kier alpha value is -2.25. The summed E-state index contributed by atoms with van der Waals surface area (Å²) in [4.78, 5) is 29.5. The summed E-state index contributed by atoms with van der Waals surface area (Å²) in [5.41, 5.74) is 9.37. The maximum Gasteiger partial charge on any atom is 0.275 e. The van der Waals surface area contributed by atoms with Gasteiger partial charge in [0.05, 0.1) is 11.4 Å². The van der Waals surface area contributed by atoms with Gasteiger partial charge in [-0.1, -0.05) is 12.1 Å². The molecule has 6 nitrogen and oxygen atoms in total. The summed E-state index contributed by atoms with van der Waals surface area (Å²) in [6, 6.07) is 7.75. The molecule has 2 aromatic rings. The first-order valence-electron chi connectivity index (χ1n) is 7.92. The van der Waals surface area contributed by atoms with Crippen LogP contribution in [0.3, 0.4) is 0 Å². The van der Waals surface area contributed by atoms with Gasteiger partial charge in [-0.25, -0.2) is 4.98 Å². The number of aromatic nitrogens is 1. The lowest BCUT2D eigenvalue weighted by Gasteiger charge is -2.31. The largest absolute Gasteiger partial charge is 0.369 e. The number of primary amides is 1. The third-order valence-electron chi connectivity index (χ3n) is 4.19. The first-order chi connectivity index (χ1) is 11.6. The maximum absolute atomic E-state index is 12.0. The summed E-state index contributed by atoms with van der Waals surface area (Å²) in [6.45, 7) is 2.48. The lowest BCUT2D eigenvalue weighted by molar-refractivity contribution is -0.123. The Morgan fingerprint density at radius 3 is 2.79 bits per heavy atom. The lowest BCUT2D eigenvalue weighted by Crippen LogP contribution is -2.40. The standard InChI is InChI=1S/C17H20N4O2S/c18-16(22)13-2-1-7-21(9-13)8-12-3-5-14(6-4-12)20-17(23)15-10-24-11-19-15/h3-6,10-11,13H,1-2,7-9H2,(H2,18,22)(H,20,23). The predicted octanol–water partition coefficient (Wildman–Crippen LogP) is 2.09. The van der Waals surface area contributed by atoms with Gasteiger partial charge < -0.3 is 11.1 Å². The third kappa shape index (κ3) is 4.18. The zero-order valence-corrected chi connectivity index (χ0v) is 14.1. The monoisotopic (exact) mass is 344 g/mol. The second-order valence-corrected chi connectivity index (χ2v) is 6.72. The molecule has 1 aromatic carbocycles. The molecule has 1 atom stereocenters. The van der Waals surface area contributed by atoms with Gasteiger partial charge in [0.2, 0.25) is 5.91 Å². The average molecular weight is 344 g/mol. The van der Waals surface area contributed by atoms with Crippen molar-refractivity contribution in [3.05, 3.63) is 46.4 Å². The Kier molecular flexibility index (Phi) is 5.22. The fraction of sp³-hybridized carbons (Fsp3) is 0.353. The number of thiazole rings is 1. The molecule has 3 rings (SSSR count). The van der Waals surface area contributed by atoms with Crippen LogP contribution < -0.4 is 11.1 Å². The normalized spacial score (nSPS) is 18.2. The van der Waals surface area contributed by atoms with Gasteiger partial charge in [0, 0.05) is 24.2 Å². The van der Waals surface area contributed by atoms with Gasteiger partial charge in [0.1, 0.15) is 5.69 Å². The number of carbonyl (C=O) groups is 2. The van der Waals surface area contributed by atoms with Crippen LogP contribution in [0.4, 0.5) is 5.69 Å². The van der Waals surface area contributed by atoms with E-state index in [2.05, 4.69) is 15.2 Å². The number of nitrogens with one attached hydrogen (secondary N) is 1. The fourth-order valence-corrected chi connectivity index (χ4v) is 3.43. The number of hydrogen-bond acceptors (Lipinski definition) is 5. The molecule has 24 heavy (non-hydrogen) atoms. The number of anilines is 1. The summed E-state index contributed by atoms with van der Waals surface area (Å²) in [5, 5.41) is 4.55. The van der Waals surface area contributed by atoms with Crippen LogP contribution in [0.1, 0.15) is 28.9 Å². The molecule has 0 aliphatic carbocycles. The van der Waals surface area contributed by atoms with E-state index in [0.29, 0.717) is 5.69 Å². The number of piperidine rings is 1. The van der Waals surface area contributed by atoms with E-state index < -0.39 is 0 Å². The van der Waals surface area contributed by atoms with Crippen molar-refractivity contribution in [2.75, 3.05) is 18.4 Å². The van der Waals surface area contributed by atoms with E-state index in [1.807, 2.05) is 24.3 Å². The van der Waals surface area contributed by atoms with Crippen molar-refractivity contribution in [3.8, 4) is 0 Å². The highest BCUT2D eigenvalue weighted by Gasteiger charge is 2.23. The summed E-state index contributed by atoms with van der Waals surface area (Å²) < 4.78 is 0. The van der Waals surface area contributed by atoms with Gasteiger partial charge in [0.15, 0.2) is 0 Å². The van der Waals surface area contributed by atoms with Gasteiger partial charge >= 0.3 is 0 Å². The minimum Gasteiger partial charge on any atom is -0.369 e. The van der Waals surface area contributed by atoms with E-state index >= 15 is 0 Å². The molecule has 1 aliphatic heterocycles. The highest BCUT2D eigenvalue weighted by atomic mass is 32.1. The van der Waals surface area contributed by atoms with Crippen LogP contribution in [-0.4, -0.2) is 34.8 Å². The van der Waals surface area contributed by atoms with E-state index in [0.717, 1.165) is 43.7 Å². The molecule has 7 heteroatoms. The second-order valence-electron chi connectivity index (χ2n) is 6.00. The van der Waals surface area contributed by atoms with Crippen molar-refractivity contribution < 1.29 is 9.59 Å². The molecule has 0 spiro atoms. The van der Waals surface area contributed by atoms with E-state index in [-0.39, 0.29) is 17.7 Å². The number of amides is 2. The molecular weight excluding hydrogens is 324 g/mol. The van der Waals surface area contributed by atoms with Crippen LogP contribution in [0.25, 0.3) is 0 Å². The van der Waals surface area contributed by atoms with Crippen molar-refractivity contribution in [3.63, 3.8) is 0 Å². The molecule has 1 aromatic heterocycles. The molecule has 0 radical (unpaired) electrons. The number of benzene rings is 1. The van der Waals surface area contributed by atoms with Crippen LogP contribution in [0, 0.1) is 5.92 Å². The molecule has 126 valence electrons. The Balaban J connectivity index is 1.56. The molecule has 1 aliphatic rings. The maximum atomic E-state index is 12.0. The highest BCUT2D eigenvalue weighted by molar-refractivity contribution is 7.07. The van der Waals surface area contributed by atoms with E-state index in [1.165, 1.54) is 11.3 Å². The lowest BCUT2D eigenvalue weighted by atomic mass is 9.97. The first-order valence-corrected chi connectivity index (χ1v) is 8.86. The van der Waals surface area contributed by atoms with Gasteiger partial charge in [-0.05, 0) is 37.1 Å². The SMILES string of the molecule is NC(=O)C1CCCN(Cc2ccc(NC(=O)c3cscn3)cc2)C1. The van der Waals surface area contributed by atoms with Gasteiger partial charge in [-0.2, -0.15) is 0 Å². The smallest absolute Gasteiger partial charge is 0.275 e. The Morgan fingerprint density at radius 2 is 2.12 bits per heavy atom. The first kappa shape index (κ1) is 16.6. The number of nitrogens with two attached hydrogens (primary N) is 1. The quantitative estimate of drug-likeness (QED) is 0.869. The van der Waals surface area contributed by atoms with E-state index in [4.69, 9.17) is 5.73 Å². The molecule has 1 saturated heterocycles. The minimum absolute atomic E-state index is 0.0459. The van der Waals surface area contributed by atoms with E-state index in [9.17, 15) is 9.59 Å². The Labute approximate surface area is 144 Å². The number of likely N-dealkylation sites (tertiary alicyclic amines) is 1. The van der Waals surface area contributed by atoms with Crippen molar-refractivity contribution >= 4 is 28.8 Å². The van der Waals surface area contributed by atoms with Gasteiger partial charge in [0.25, 0.3) is 5.91 Å². The fourth-order valence-electron chi connectivity index (χ4n) is 2.90. The van der Waals surface area contributed by atoms with Crippen LogP contribution in [0.2, 0.25) is 0 Å². The van der Waals surface area contributed by atoms with Crippen molar-refractivity contribution in [2.45, 2.75) is 19.4 Å². The number of nitrogens with zero attached hydrogens (tertiary/aromatic N) is 2. The van der Waals surface area contributed by atoms with Gasteiger partial charge in [-0.15, -0.1) is 11.3 Å². The number of rotatable bonds is 5. The molecule has 2 amide bonds. The molecule has 2 heterocycles. The molecule has 3 N–H and O–H groups in total. The van der Waals surface area contributed by atoms with Crippen molar-refractivity contribution in [1.29, 1.82) is 0 Å². The predicted molar refractivity (Wildman–Crippen MR) is 93.7 cm³/mol. The topological polar surface area (TPSA) is 88.3 Å². The average Bonchev–Trinajstić information content (AvgIpc) is 3.11. The van der Waals surface area contributed by atoms with Crippen LogP contribution in [0.15, 0.2) is 35.2 Å². The van der Waals surface area contributed by atoms with Crippen molar-refractivity contribution in [2.24, 2.45) is 11.7 Å². The minimum atomic E-state index is -0.209. The number of carbonyl (C=O) groups excluding carboxylic acids is 2. The highest BCUT2D eigenvalue weighted by Crippen LogP contribution is 2.19. The summed E-state index contributed by atoms with van der Waals surface area (Å²) in [5.74, 6) is -0.459. The summed E-state index contributed by atoms with van der Waals surface area (Å²) in [7, 11) is 0. The van der Waals surface area contributed by atoms with Crippen molar-refractivity contribution in [1.82, 2.24) is 9.88 Å². The van der Waals surface area contributed by atoms with Crippen LogP contribution in [0.5, 0.6) is 0 Å². The Morgan fingerprint density at radius 1 is 1.33 bits per heavy atom. The third-order valence-corrected chi connectivity index (χ3v) is 4.78. The zero-order chi connectivity index (χ0) is 16.9. The van der Waals surface area contributed by atoms with Crippen LogP contribution >= 0.6 is 11.3 Å².